The van der Waals surface area contributed by atoms with Gasteiger partial charge in [-0.15, -0.1) is 0 Å². The monoisotopic (exact) mass is 353 g/mol. The van der Waals surface area contributed by atoms with Crippen molar-refractivity contribution in [3.8, 4) is 0 Å². The van der Waals surface area contributed by atoms with Gasteiger partial charge in [-0.3, -0.25) is 4.79 Å². The highest BCUT2D eigenvalue weighted by atomic mass is 16.1. The number of nitrogens with one attached hydrogen (secondary N) is 2. The summed E-state index contributed by atoms with van der Waals surface area (Å²) < 4.78 is 0. The number of aromatic nitrogens is 2. The molecule has 1 amide bonds. The van der Waals surface area contributed by atoms with Crippen molar-refractivity contribution in [3.63, 3.8) is 0 Å². The van der Waals surface area contributed by atoms with Crippen LogP contribution in [0.2, 0.25) is 0 Å². The number of carbonyl (C=O) groups excluding carboxylic acids is 1. The van der Waals surface area contributed by atoms with Crippen molar-refractivity contribution in [2.45, 2.75) is 40.0 Å². The fraction of sp³-hybridized carbons (Fsp3) is 0.450. The van der Waals surface area contributed by atoms with Crippen molar-refractivity contribution in [1.29, 1.82) is 0 Å². The molecular weight excluding hydrogens is 326 g/mol. The lowest BCUT2D eigenvalue weighted by Crippen LogP contribution is -2.27. The Labute approximate surface area is 155 Å². The maximum atomic E-state index is 12.0. The van der Waals surface area contributed by atoms with Crippen molar-refractivity contribution in [1.82, 2.24) is 9.97 Å². The molecule has 1 heterocycles. The first kappa shape index (κ1) is 18.2. The second-order valence-corrected chi connectivity index (χ2v) is 6.68. The molecule has 138 valence electrons. The molecule has 0 atom stereocenters. The van der Waals surface area contributed by atoms with Gasteiger partial charge in [-0.2, -0.15) is 4.98 Å². The van der Waals surface area contributed by atoms with Crippen LogP contribution in [-0.4, -0.2) is 29.0 Å². The largest absolute Gasteiger partial charge is 0.357 e. The van der Waals surface area contributed by atoms with Gasteiger partial charge < -0.3 is 15.5 Å². The van der Waals surface area contributed by atoms with Crippen LogP contribution in [0.5, 0.6) is 0 Å². The van der Waals surface area contributed by atoms with E-state index in [2.05, 4.69) is 39.3 Å². The van der Waals surface area contributed by atoms with Crippen LogP contribution in [0.15, 0.2) is 30.3 Å². The summed E-state index contributed by atoms with van der Waals surface area (Å²) in [4.78, 5) is 23.3. The van der Waals surface area contributed by atoms with Gasteiger partial charge in [0, 0.05) is 42.1 Å². The molecule has 0 saturated heterocycles. The molecule has 1 fully saturated rings. The lowest BCUT2D eigenvalue weighted by molar-refractivity contribution is -0.122. The second kappa shape index (κ2) is 8.17. The van der Waals surface area contributed by atoms with Crippen LogP contribution in [0.1, 0.15) is 38.8 Å². The summed E-state index contributed by atoms with van der Waals surface area (Å²) in [5, 5.41) is 6.23. The zero-order valence-corrected chi connectivity index (χ0v) is 15.7. The van der Waals surface area contributed by atoms with E-state index < -0.39 is 0 Å². The van der Waals surface area contributed by atoms with Crippen molar-refractivity contribution in [2.75, 3.05) is 28.6 Å². The summed E-state index contributed by atoms with van der Waals surface area (Å²) >= 11 is 0. The number of nitrogens with zero attached hydrogens (tertiary/aromatic N) is 3. The average Bonchev–Trinajstić information content (AvgIpc) is 2.56. The van der Waals surface area contributed by atoms with Gasteiger partial charge >= 0.3 is 0 Å². The first-order valence-corrected chi connectivity index (χ1v) is 9.37. The van der Waals surface area contributed by atoms with Crippen molar-refractivity contribution < 1.29 is 4.79 Å². The minimum absolute atomic E-state index is 0.128. The van der Waals surface area contributed by atoms with E-state index in [1.807, 2.05) is 37.3 Å². The maximum absolute atomic E-state index is 12.0. The van der Waals surface area contributed by atoms with Gasteiger partial charge in [-0.05, 0) is 57.9 Å². The van der Waals surface area contributed by atoms with Crippen LogP contribution >= 0.6 is 0 Å². The fourth-order valence-electron chi connectivity index (χ4n) is 3.00. The predicted molar refractivity (Wildman–Crippen MR) is 106 cm³/mol. The van der Waals surface area contributed by atoms with E-state index >= 15 is 0 Å². The van der Waals surface area contributed by atoms with Gasteiger partial charge in [0.15, 0.2) is 0 Å². The molecule has 6 heteroatoms. The Balaban J connectivity index is 1.67. The smallest absolute Gasteiger partial charge is 0.229 e. The van der Waals surface area contributed by atoms with Gasteiger partial charge in [0.25, 0.3) is 0 Å². The standard InChI is InChI=1S/C20H27N5O/c1-4-25(5-2)18-13-14(3)21-20(24-18)23-17-11-9-16(10-12-17)22-19(26)15-7-6-8-15/h9-13,15H,4-8H2,1-3H3,(H,22,26)(H,21,23,24). The van der Waals surface area contributed by atoms with Crippen LogP contribution in [0.4, 0.5) is 23.1 Å². The molecule has 0 aliphatic heterocycles. The molecule has 1 saturated carbocycles. The molecular formula is C20H27N5O. The van der Waals surface area contributed by atoms with E-state index in [1.54, 1.807) is 0 Å². The van der Waals surface area contributed by atoms with Crippen LogP contribution in [0.25, 0.3) is 0 Å². The molecule has 1 aliphatic carbocycles. The minimum atomic E-state index is 0.128. The Morgan fingerprint density at radius 3 is 2.35 bits per heavy atom. The third-order valence-corrected chi connectivity index (χ3v) is 4.81. The number of rotatable bonds is 7. The van der Waals surface area contributed by atoms with Gasteiger partial charge in [0.05, 0.1) is 0 Å². The normalized spacial score (nSPS) is 13.8. The molecule has 0 radical (unpaired) electrons. The fourth-order valence-corrected chi connectivity index (χ4v) is 3.00. The number of anilines is 4. The molecule has 26 heavy (non-hydrogen) atoms. The number of hydrogen-bond acceptors (Lipinski definition) is 5. The van der Waals surface area contributed by atoms with Crippen molar-refractivity contribution in [2.24, 2.45) is 5.92 Å². The molecule has 2 aromatic rings. The van der Waals surface area contributed by atoms with Gasteiger partial charge in [-0.25, -0.2) is 4.98 Å². The average molecular weight is 353 g/mol. The SMILES string of the molecule is CCN(CC)c1cc(C)nc(Nc2ccc(NC(=O)C3CCC3)cc2)n1. The first-order valence-electron chi connectivity index (χ1n) is 9.37. The van der Waals surface area contributed by atoms with E-state index in [9.17, 15) is 4.79 Å². The molecule has 0 spiro atoms. The van der Waals surface area contributed by atoms with E-state index in [4.69, 9.17) is 0 Å². The molecule has 0 bridgehead atoms. The number of hydrogen-bond donors (Lipinski definition) is 2. The Morgan fingerprint density at radius 1 is 1.12 bits per heavy atom. The van der Waals surface area contributed by atoms with E-state index in [0.29, 0.717) is 5.95 Å². The topological polar surface area (TPSA) is 70.2 Å². The molecule has 1 aliphatic rings. The van der Waals surface area contributed by atoms with Crippen LogP contribution < -0.4 is 15.5 Å². The summed E-state index contributed by atoms with van der Waals surface area (Å²) in [7, 11) is 0. The van der Waals surface area contributed by atoms with Gasteiger partial charge in [0.1, 0.15) is 5.82 Å². The molecule has 3 rings (SSSR count). The molecule has 2 N–H and O–H groups in total. The highest BCUT2D eigenvalue weighted by Crippen LogP contribution is 2.28. The zero-order valence-electron chi connectivity index (χ0n) is 15.7. The Hall–Kier alpha value is -2.63. The lowest BCUT2D eigenvalue weighted by Gasteiger charge is -2.24. The summed E-state index contributed by atoms with van der Waals surface area (Å²) in [5.41, 5.74) is 2.64. The van der Waals surface area contributed by atoms with Gasteiger partial charge in [-0.1, -0.05) is 6.42 Å². The first-order chi connectivity index (χ1) is 12.6. The quantitative estimate of drug-likeness (QED) is 0.784. The Morgan fingerprint density at radius 2 is 1.77 bits per heavy atom. The zero-order chi connectivity index (χ0) is 18.5. The number of amides is 1. The number of aryl methyl sites for hydroxylation is 1. The predicted octanol–water partition coefficient (Wildman–Crippen LogP) is 4.11. The van der Waals surface area contributed by atoms with E-state index in [1.165, 1.54) is 0 Å². The molecule has 0 unspecified atom stereocenters. The Kier molecular flexibility index (Phi) is 5.71. The molecule has 1 aromatic heterocycles. The van der Waals surface area contributed by atoms with E-state index in [0.717, 1.165) is 55.2 Å². The van der Waals surface area contributed by atoms with Crippen LogP contribution in [-0.2, 0) is 4.79 Å². The third kappa shape index (κ3) is 4.31. The second-order valence-electron chi connectivity index (χ2n) is 6.68. The number of benzene rings is 1. The molecule has 1 aromatic carbocycles. The molecule has 6 nitrogen and oxygen atoms in total. The Bertz CT molecular complexity index is 751. The van der Waals surface area contributed by atoms with Crippen LogP contribution in [0, 0.1) is 12.8 Å². The van der Waals surface area contributed by atoms with Crippen molar-refractivity contribution in [3.05, 3.63) is 36.0 Å². The van der Waals surface area contributed by atoms with Crippen LogP contribution in [0.3, 0.4) is 0 Å². The van der Waals surface area contributed by atoms with Crippen molar-refractivity contribution >= 4 is 29.0 Å². The maximum Gasteiger partial charge on any atom is 0.229 e. The lowest BCUT2D eigenvalue weighted by atomic mass is 9.85. The summed E-state index contributed by atoms with van der Waals surface area (Å²) in [6.45, 7) is 8.01. The number of carbonyl (C=O) groups is 1. The highest BCUT2D eigenvalue weighted by molar-refractivity contribution is 5.93. The summed E-state index contributed by atoms with van der Waals surface area (Å²) in [6.07, 6.45) is 3.17. The van der Waals surface area contributed by atoms with Gasteiger partial charge in [0.2, 0.25) is 11.9 Å². The summed E-state index contributed by atoms with van der Waals surface area (Å²) in [6, 6.07) is 9.66. The highest BCUT2D eigenvalue weighted by Gasteiger charge is 2.25. The minimum Gasteiger partial charge on any atom is -0.357 e. The van der Waals surface area contributed by atoms with E-state index in [-0.39, 0.29) is 11.8 Å². The third-order valence-electron chi connectivity index (χ3n) is 4.81. The summed E-state index contributed by atoms with van der Waals surface area (Å²) in [5.74, 6) is 1.82.